The maximum absolute atomic E-state index is 12.2. The topological polar surface area (TPSA) is 146 Å². The molecule has 0 radical (unpaired) electrons. The molecule has 4 rings (SSSR count). The van der Waals surface area contributed by atoms with Gasteiger partial charge in [0.1, 0.15) is 18.3 Å². The molecule has 0 spiro atoms. The van der Waals surface area contributed by atoms with Gasteiger partial charge >= 0.3 is 5.97 Å². The Morgan fingerprint density at radius 3 is 2.31 bits per heavy atom. The van der Waals surface area contributed by atoms with E-state index in [1.807, 2.05) is 39.8 Å². The van der Waals surface area contributed by atoms with Crippen LogP contribution in [0.4, 0.5) is 0 Å². The van der Waals surface area contributed by atoms with E-state index in [0.29, 0.717) is 19.3 Å². The SMILES string of the molecule is C=C(C)C1CCC2(C)C(CC(O[C@@H]3OC[C@H](O)[C@H](O)[C@H]3O)C3C(C(C)(O)C/C=C/C(C)(C)OC)CCC32C)C1(C)CCC(=O)O. The molecule has 9 nitrogen and oxygen atoms in total. The standard InChI is InChI=1S/C36H60O9/c1-21(2)22-11-17-34(6)26(33(22,5)16-13-27(38)39)19-25(45-31-30(41)29(40)24(37)20-44-31)28-23(12-18-35(28,34)7)36(8,42)15-10-14-32(3,4)43-9/h10,14,22-26,28-31,37,40-42H,1,11-13,15-20H2,2-9H3,(H,38,39)/b14-10+/t22?,23?,24-,25?,26?,28?,29-,30+,31-,33?,34?,35?,36?/m0/s1. The second-order valence-electron chi connectivity index (χ2n) is 16.3. The predicted molar refractivity (Wildman–Crippen MR) is 171 cm³/mol. The maximum atomic E-state index is 12.2. The number of hydrogen-bond acceptors (Lipinski definition) is 8. The molecule has 3 aliphatic carbocycles. The van der Waals surface area contributed by atoms with Crippen LogP contribution in [0.15, 0.2) is 24.3 Å². The van der Waals surface area contributed by atoms with Gasteiger partial charge < -0.3 is 39.7 Å². The van der Waals surface area contributed by atoms with E-state index < -0.39 is 47.9 Å². The van der Waals surface area contributed by atoms with Gasteiger partial charge in [-0.1, -0.05) is 45.1 Å². The van der Waals surface area contributed by atoms with Gasteiger partial charge in [0.05, 0.1) is 23.9 Å². The van der Waals surface area contributed by atoms with E-state index in [1.165, 1.54) is 0 Å². The number of methoxy groups -OCH3 is 1. The Morgan fingerprint density at radius 2 is 1.71 bits per heavy atom. The van der Waals surface area contributed by atoms with Crippen LogP contribution < -0.4 is 0 Å². The minimum Gasteiger partial charge on any atom is -0.481 e. The van der Waals surface area contributed by atoms with Gasteiger partial charge in [-0.2, -0.15) is 0 Å². The molecule has 13 atom stereocenters. The molecular formula is C36H60O9. The van der Waals surface area contributed by atoms with Crippen molar-refractivity contribution in [2.45, 2.75) is 142 Å². The summed E-state index contributed by atoms with van der Waals surface area (Å²) < 4.78 is 18.1. The van der Waals surface area contributed by atoms with Gasteiger partial charge in [0.25, 0.3) is 0 Å². The molecule has 4 fully saturated rings. The summed E-state index contributed by atoms with van der Waals surface area (Å²) in [5, 5.41) is 53.5. The third-order valence-corrected chi connectivity index (χ3v) is 13.2. The Morgan fingerprint density at radius 1 is 1.07 bits per heavy atom. The van der Waals surface area contributed by atoms with Crippen molar-refractivity contribution in [1.82, 2.24) is 0 Å². The van der Waals surface area contributed by atoms with Crippen molar-refractivity contribution in [2.24, 2.45) is 39.9 Å². The quantitative estimate of drug-likeness (QED) is 0.159. The first-order valence-electron chi connectivity index (χ1n) is 16.9. The average molecular weight is 637 g/mol. The Labute approximate surface area is 270 Å². The summed E-state index contributed by atoms with van der Waals surface area (Å²) >= 11 is 0. The number of carboxylic acids is 1. The van der Waals surface area contributed by atoms with Crippen molar-refractivity contribution in [3.05, 3.63) is 24.3 Å². The summed E-state index contributed by atoms with van der Waals surface area (Å²) in [7, 11) is 1.66. The van der Waals surface area contributed by atoms with Gasteiger partial charge in [-0.25, -0.2) is 0 Å². The predicted octanol–water partition coefficient (Wildman–Crippen LogP) is 4.85. The van der Waals surface area contributed by atoms with Crippen molar-refractivity contribution in [3.8, 4) is 0 Å². The molecule has 258 valence electrons. The largest absolute Gasteiger partial charge is 0.481 e. The van der Waals surface area contributed by atoms with Crippen molar-refractivity contribution in [2.75, 3.05) is 13.7 Å². The molecule has 0 aromatic rings. The molecule has 5 N–H and O–H groups in total. The lowest BCUT2D eigenvalue weighted by Crippen LogP contribution is -2.65. The Kier molecular flexibility index (Phi) is 10.5. The molecule has 1 heterocycles. The van der Waals surface area contributed by atoms with Crippen LogP contribution in [0.1, 0.15) is 99.8 Å². The van der Waals surface area contributed by atoms with Crippen molar-refractivity contribution in [3.63, 3.8) is 0 Å². The summed E-state index contributed by atoms with van der Waals surface area (Å²) in [6, 6.07) is 0. The highest BCUT2D eigenvalue weighted by molar-refractivity contribution is 5.66. The van der Waals surface area contributed by atoms with Gasteiger partial charge in [0, 0.05) is 13.5 Å². The third kappa shape index (κ3) is 6.57. The van der Waals surface area contributed by atoms with Crippen molar-refractivity contribution < 1.29 is 44.5 Å². The third-order valence-electron chi connectivity index (χ3n) is 13.2. The lowest BCUT2D eigenvalue weighted by molar-refractivity contribution is -0.312. The molecule has 0 bridgehead atoms. The van der Waals surface area contributed by atoms with E-state index in [1.54, 1.807) is 7.11 Å². The molecule has 0 aromatic carbocycles. The van der Waals surface area contributed by atoms with Crippen LogP contribution in [-0.4, -0.2) is 87.1 Å². The lowest BCUT2D eigenvalue weighted by atomic mass is 9.37. The molecule has 4 aliphatic rings. The molecule has 1 aliphatic heterocycles. The second kappa shape index (κ2) is 12.9. The fraction of sp³-hybridized carbons (Fsp3) is 0.861. The van der Waals surface area contributed by atoms with Gasteiger partial charge in [-0.15, -0.1) is 0 Å². The molecule has 1 saturated heterocycles. The second-order valence-corrected chi connectivity index (χ2v) is 16.3. The van der Waals surface area contributed by atoms with E-state index >= 15 is 0 Å². The van der Waals surface area contributed by atoms with E-state index in [9.17, 15) is 30.3 Å². The molecule has 9 heteroatoms. The lowest BCUT2D eigenvalue weighted by Gasteiger charge is -2.68. The van der Waals surface area contributed by atoms with Crippen molar-refractivity contribution in [1.29, 1.82) is 0 Å². The summed E-state index contributed by atoms with van der Waals surface area (Å²) in [4.78, 5) is 11.9. The number of aliphatic hydroxyl groups is 4. The van der Waals surface area contributed by atoms with Gasteiger partial charge in [0.2, 0.25) is 0 Å². The van der Waals surface area contributed by atoms with Crippen LogP contribution in [-0.2, 0) is 19.0 Å². The van der Waals surface area contributed by atoms with Crippen LogP contribution in [0.25, 0.3) is 0 Å². The van der Waals surface area contributed by atoms with Crippen LogP contribution in [0, 0.1) is 39.9 Å². The highest BCUT2D eigenvalue weighted by atomic mass is 16.7. The number of carbonyl (C=O) groups is 1. The number of rotatable bonds is 11. The minimum atomic E-state index is -1.43. The Hall–Kier alpha value is -1.33. The minimum absolute atomic E-state index is 0.0640. The number of hydrogen-bond donors (Lipinski definition) is 5. The molecular weight excluding hydrogens is 576 g/mol. The smallest absolute Gasteiger partial charge is 0.303 e. The number of fused-ring (bicyclic) bond motifs is 3. The van der Waals surface area contributed by atoms with Gasteiger partial charge in [-0.05, 0) is 113 Å². The normalized spacial score (nSPS) is 45.1. The first kappa shape index (κ1) is 36.5. The zero-order chi connectivity index (χ0) is 33.8. The summed E-state index contributed by atoms with van der Waals surface area (Å²) in [6.45, 7) is 19.0. The summed E-state index contributed by atoms with van der Waals surface area (Å²) in [6.07, 6.45) is 3.53. The fourth-order valence-electron chi connectivity index (χ4n) is 10.3. The van der Waals surface area contributed by atoms with E-state index in [-0.39, 0.29) is 52.9 Å². The van der Waals surface area contributed by atoms with Gasteiger partial charge in [0.15, 0.2) is 6.29 Å². The van der Waals surface area contributed by atoms with E-state index in [4.69, 9.17) is 14.2 Å². The maximum Gasteiger partial charge on any atom is 0.303 e. The monoisotopic (exact) mass is 636 g/mol. The highest BCUT2D eigenvalue weighted by Crippen LogP contribution is 2.74. The summed E-state index contributed by atoms with van der Waals surface area (Å²) in [5.41, 5.74) is -1.25. The zero-order valence-corrected chi connectivity index (χ0v) is 28.8. The molecule has 0 amide bonds. The van der Waals surface area contributed by atoms with E-state index in [0.717, 1.165) is 31.3 Å². The molecule has 0 aromatic heterocycles. The first-order chi connectivity index (χ1) is 20.7. The average Bonchev–Trinajstić information content (AvgIpc) is 3.33. The Balaban J connectivity index is 1.78. The van der Waals surface area contributed by atoms with Crippen LogP contribution in [0.5, 0.6) is 0 Å². The Bertz CT molecular complexity index is 1120. The van der Waals surface area contributed by atoms with Crippen LogP contribution in [0.3, 0.4) is 0 Å². The van der Waals surface area contributed by atoms with Crippen LogP contribution >= 0.6 is 0 Å². The number of aliphatic carboxylic acids is 1. The van der Waals surface area contributed by atoms with E-state index in [2.05, 4.69) is 27.4 Å². The summed E-state index contributed by atoms with van der Waals surface area (Å²) in [5.74, 6) is -0.805. The zero-order valence-electron chi connectivity index (χ0n) is 28.8. The van der Waals surface area contributed by atoms with Crippen LogP contribution in [0.2, 0.25) is 0 Å². The molecule has 9 unspecified atom stereocenters. The van der Waals surface area contributed by atoms with Gasteiger partial charge in [-0.3, -0.25) is 4.79 Å². The van der Waals surface area contributed by atoms with Crippen molar-refractivity contribution >= 4 is 5.97 Å². The first-order valence-corrected chi connectivity index (χ1v) is 16.9. The number of aliphatic hydroxyl groups excluding tert-OH is 3. The number of carboxylic acid groups (broad SMARTS) is 1. The molecule has 45 heavy (non-hydrogen) atoms. The number of allylic oxidation sites excluding steroid dienone is 1. The number of ether oxygens (including phenoxy) is 3. The molecule has 3 saturated carbocycles. The highest BCUT2D eigenvalue weighted by Gasteiger charge is 2.70. The fourth-order valence-corrected chi connectivity index (χ4v) is 10.3.